The maximum absolute atomic E-state index is 11.7. The third kappa shape index (κ3) is 28.0. The van der Waals surface area contributed by atoms with Crippen molar-refractivity contribution in [3.8, 4) is 5.75 Å². The van der Waals surface area contributed by atoms with E-state index >= 15 is 0 Å². The van der Waals surface area contributed by atoms with Gasteiger partial charge in [-0.25, -0.2) is 4.79 Å². The molecule has 0 saturated carbocycles. The molecule has 8 nitrogen and oxygen atoms in total. The molecular formula is C25H44F3N2O6S+. The Morgan fingerprint density at radius 2 is 1.54 bits per heavy atom. The number of carbonyl (C=O) groups excluding carboxylic acids is 2. The standard InChI is InChI=1S/C18H28N2O4.C3H3F3O2.C2H6S.C2H6/c1-20(2,3)13-4-5-17(21)19-12-14-24-16-9-6-15(7-10-16)8-11-18(22)23;1-8-2(7)3(4,5)6;1-3-2;1-2/h6-7,9-10H,4-5,8,11-14H2,1-3H3,(H-,19,21,22,23);1H3;1-2H3;1-2H3/p+1. The number of hydrogen-bond acceptors (Lipinski definition) is 6. The van der Waals surface area contributed by atoms with Crippen LogP contribution in [0.4, 0.5) is 13.2 Å². The molecule has 0 saturated heterocycles. The fourth-order valence-corrected chi connectivity index (χ4v) is 2.28. The zero-order chi connectivity index (χ0) is 29.5. The maximum Gasteiger partial charge on any atom is 0.490 e. The normalized spacial score (nSPS) is 10.2. The summed E-state index contributed by atoms with van der Waals surface area (Å²) < 4.78 is 42.7. The lowest BCUT2D eigenvalue weighted by atomic mass is 10.1. The second-order valence-electron chi connectivity index (χ2n) is 8.25. The molecule has 0 aromatic heterocycles. The predicted molar refractivity (Wildman–Crippen MR) is 142 cm³/mol. The quantitative estimate of drug-likeness (QED) is 0.236. The third-order valence-corrected chi connectivity index (χ3v) is 3.89. The van der Waals surface area contributed by atoms with Gasteiger partial charge >= 0.3 is 18.1 Å². The molecule has 0 spiro atoms. The molecule has 2 N–H and O–H groups in total. The van der Waals surface area contributed by atoms with Crippen molar-refractivity contribution in [2.45, 2.75) is 45.7 Å². The summed E-state index contributed by atoms with van der Waals surface area (Å²) in [6.45, 7) is 5.86. The molecule has 0 fully saturated rings. The van der Waals surface area contributed by atoms with E-state index in [0.717, 1.165) is 23.0 Å². The maximum atomic E-state index is 11.7. The van der Waals surface area contributed by atoms with Gasteiger partial charge in [-0.1, -0.05) is 26.0 Å². The highest BCUT2D eigenvalue weighted by Crippen LogP contribution is 2.15. The zero-order valence-corrected chi connectivity index (χ0v) is 24.1. The smallest absolute Gasteiger partial charge is 0.490 e. The summed E-state index contributed by atoms with van der Waals surface area (Å²) in [7, 11) is 7.01. The first-order valence-corrected chi connectivity index (χ1v) is 13.4. The van der Waals surface area contributed by atoms with E-state index in [1.54, 1.807) is 11.8 Å². The SMILES string of the molecule is CC.COC(=O)C(F)(F)F.CSC.C[N+](C)(C)CCCC(=O)NCCOc1ccc(CCC(=O)O)cc1. The van der Waals surface area contributed by atoms with E-state index in [1.807, 2.05) is 50.6 Å². The van der Waals surface area contributed by atoms with Crippen LogP contribution in [-0.4, -0.2) is 94.1 Å². The number of esters is 1. The highest BCUT2D eigenvalue weighted by Gasteiger charge is 2.40. The molecule has 1 amide bonds. The Kier molecular flexibility index (Phi) is 24.0. The summed E-state index contributed by atoms with van der Waals surface area (Å²) in [5.41, 5.74) is 0.968. The molecule has 1 rings (SSSR count). The van der Waals surface area contributed by atoms with Crippen molar-refractivity contribution in [2.75, 3.05) is 60.5 Å². The number of carboxylic acid groups (broad SMARTS) is 1. The summed E-state index contributed by atoms with van der Waals surface area (Å²) in [6.07, 6.45) is 1.27. The molecule has 0 radical (unpaired) electrons. The van der Waals surface area contributed by atoms with Gasteiger partial charge in [-0.3, -0.25) is 9.59 Å². The number of carboxylic acids is 1. The van der Waals surface area contributed by atoms with Crippen molar-refractivity contribution in [2.24, 2.45) is 0 Å². The molecule has 0 aliphatic rings. The summed E-state index contributed by atoms with van der Waals surface area (Å²) in [6, 6.07) is 7.36. The largest absolute Gasteiger partial charge is 0.492 e. The first-order chi connectivity index (χ1) is 17.2. The Hall–Kier alpha value is -2.47. The van der Waals surface area contributed by atoms with Crippen molar-refractivity contribution in [3.05, 3.63) is 29.8 Å². The minimum absolute atomic E-state index is 0.0519. The number of amides is 1. The third-order valence-electron chi connectivity index (χ3n) is 3.89. The van der Waals surface area contributed by atoms with E-state index < -0.39 is 18.1 Å². The number of alkyl halides is 3. The number of aryl methyl sites for hydroxylation is 1. The van der Waals surface area contributed by atoms with Crippen molar-refractivity contribution in [3.63, 3.8) is 0 Å². The molecular weight excluding hydrogens is 513 g/mol. The number of thioether (sulfide) groups is 1. The molecule has 0 atom stereocenters. The lowest BCUT2D eigenvalue weighted by Gasteiger charge is -2.23. The molecule has 37 heavy (non-hydrogen) atoms. The number of ether oxygens (including phenoxy) is 2. The van der Waals surface area contributed by atoms with E-state index in [4.69, 9.17) is 9.84 Å². The predicted octanol–water partition coefficient (Wildman–Crippen LogP) is 4.41. The first-order valence-electron chi connectivity index (χ1n) is 11.7. The van der Waals surface area contributed by atoms with E-state index in [1.165, 1.54) is 0 Å². The van der Waals surface area contributed by atoms with Gasteiger partial charge in [-0.05, 0) is 36.6 Å². The van der Waals surface area contributed by atoms with Gasteiger partial charge in [-0.15, -0.1) is 0 Å². The fraction of sp³-hybridized carbons (Fsp3) is 0.640. The van der Waals surface area contributed by atoms with E-state index in [9.17, 15) is 27.6 Å². The number of aliphatic carboxylic acids is 1. The highest BCUT2D eigenvalue weighted by atomic mass is 32.2. The average Bonchev–Trinajstić information content (AvgIpc) is 2.81. The number of hydrogen-bond donors (Lipinski definition) is 2. The van der Waals surface area contributed by atoms with Gasteiger partial charge in [0.2, 0.25) is 5.91 Å². The van der Waals surface area contributed by atoms with Crippen LogP contribution in [0.15, 0.2) is 24.3 Å². The Bertz CT molecular complexity index is 739. The molecule has 0 bridgehead atoms. The lowest BCUT2D eigenvalue weighted by molar-refractivity contribution is -0.870. The Balaban J connectivity index is -0.000000739. The second-order valence-corrected chi connectivity index (χ2v) is 9.07. The zero-order valence-electron chi connectivity index (χ0n) is 23.2. The monoisotopic (exact) mass is 557 g/mol. The Morgan fingerprint density at radius 1 is 1.03 bits per heavy atom. The summed E-state index contributed by atoms with van der Waals surface area (Å²) >= 11 is 1.75. The van der Waals surface area contributed by atoms with Gasteiger partial charge < -0.3 is 24.4 Å². The number of halogens is 3. The average molecular weight is 558 g/mol. The van der Waals surface area contributed by atoms with Crippen molar-refractivity contribution in [1.29, 1.82) is 0 Å². The van der Waals surface area contributed by atoms with Gasteiger partial charge in [-0.2, -0.15) is 24.9 Å². The molecule has 0 aliphatic carbocycles. The van der Waals surface area contributed by atoms with Gasteiger partial charge in [0, 0.05) is 19.3 Å². The number of quaternary nitrogens is 1. The van der Waals surface area contributed by atoms with Crippen LogP contribution in [0.2, 0.25) is 0 Å². The van der Waals surface area contributed by atoms with E-state index in [0.29, 0.717) is 38.9 Å². The van der Waals surface area contributed by atoms with Crippen LogP contribution in [0.3, 0.4) is 0 Å². The van der Waals surface area contributed by atoms with Gasteiger partial charge in [0.1, 0.15) is 12.4 Å². The van der Waals surface area contributed by atoms with Crippen LogP contribution in [0, 0.1) is 0 Å². The fourth-order valence-electron chi connectivity index (χ4n) is 2.28. The van der Waals surface area contributed by atoms with Crippen molar-refractivity contribution < 1.29 is 46.6 Å². The number of methoxy groups -OCH3 is 1. The Morgan fingerprint density at radius 3 is 1.92 bits per heavy atom. The van der Waals surface area contributed by atoms with Gasteiger partial charge in [0.25, 0.3) is 0 Å². The molecule has 0 aliphatic heterocycles. The molecule has 1 aromatic rings. The Labute approximate surface area is 223 Å². The lowest BCUT2D eigenvalue weighted by Crippen LogP contribution is -2.36. The second kappa shape index (κ2) is 22.7. The molecule has 1 aromatic carbocycles. The molecule has 216 valence electrons. The molecule has 0 heterocycles. The number of nitrogens with zero attached hydrogens (tertiary/aromatic N) is 1. The van der Waals surface area contributed by atoms with Crippen molar-refractivity contribution >= 4 is 29.6 Å². The van der Waals surface area contributed by atoms with Crippen LogP contribution >= 0.6 is 11.8 Å². The molecule has 0 unspecified atom stereocenters. The van der Waals surface area contributed by atoms with Crippen LogP contribution in [-0.2, 0) is 25.5 Å². The first kappa shape index (κ1) is 39.0. The van der Waals surface area contributed by atoms with Crippen LogP contribution in [0.5, 0.6) is 5.75 Å². The van der Waals surface area contributed by atoms with Crippen molar-refractivity contribution in [1.82, 2.24) is 5.32 Å². The summed E-state index contributed by atoms with van der Waals surface area (Å²) in [5, 5.41) is 11.5. The van der Waals surface area contributed by atoms with E-state index in [2.05, 4.69) is 31.2 Å². The minimum atomic E-state index is -4.85. The van der Waals surface area contributed by atoms with Crippen LogP contribution in [0.25, 0.3) is 0 Å². The topological polar surface area (TPSA) is 102 Å². The minimum Gasteiger partial charge on any atom is -0.492 e. The van der Waals surface area contributed by atoms with Crippen LogP contribution in [0.1, 0.15) is 38.7 Å². The van der Waals surface area contributed by atoms with Crippen LogP contribution < -0.4 is 10.1 Å². The number of benzene rings is 1. The summed E-state index contributed by atoms with van der Waals surface area (Å²) in [5.74, 6) is -2.20. The number of rotatable bonds is 11. The van der Waals surface area contributed by atoms with E-state index in [-0.39, 0.29) is 12.3 Å². The number of carbonyl (C=O) groups is 3. The number of nitrogens with one attached hydrogen (secondary N) is 1. The van der Waals surface area contributed by atoms with Gasteiger partial charge in [0.15, 0.2) is 0 Å². The summed E-state index contributed by atoms with van der Waals surface area (Å²) in [4.78, 5) is 31.7. The molecule has 12 heteroatoms. The van der Waals surface area contributed by atoms with Gasteiger partial charge in [0.05, 0.1) is 41.3 Å². The highest BCUT2D eigenvalue weighted by molar-refractivity contribution is 7.97.